The number of rotatable bonds is 3. The third kappa shape index (κ3) is 2.70. The molecule has 0 bridgehead atoms. The first kappa shape index (κ1) is 12.0. The molecule has 1 atom stereocenters. The minimum atomic E-state index is -1.26. The van der Waals surface area contributed by atoms with Gasteiger partial charge in [-0.2, -0.15) is 0 Å². The van der Waals surface area contributed by atoms with Gasteiger partial charge in [0.05, 0.1) is 7.11 Å². The van der Waals surface area contributed by atoms with Crippen molar-refractivity contribution in [3.8, 4) is 0 Å². The first-order chi connectivity index (χ1) is 7.10. The molecule has 1 N–H and O–H groups in total. The zero-order valence-corrected chi connectivity index (χ0v) is 9.41. The molecule has 4 heteroatoms. The van der Waals surface area contributed by atoms with Gasteiger partial charge < -0.3 is 9.84 Å². The highest BCUT2D eigenvalue weighted by Gasteiger charge is 2.20. The van der Waals surface area contributed by atoms with Crippen molar-refractivity contribution in [1.82, 2.24) is 0 Å². The molecule has 1 unspecified atom stereocenters. The van der Waals surface area contributed by atoms with Gasteiger partial charge in [0.1, 0.15) is 0 Å². The first-order valence-electron chi connectivity index (χ1n) is 4.64. The number of aliphatic hydroxyl groups is 1. The summed E-state index contributed by atoms with van der Waals surface area (Å²) >= 11 is 5.80. The molecule has 15 heavy (non-hydrogen) atoms. The molecule has 0 radical (unpaired) electrons. The average Bonchev–Trinajstić information content (AvgIpc) is 2.27. The van der Waals surface area contributed by atoms with Crippen LogP contribution in [0.3, 0.4) is 0 Å². The maximum Gasteiger partial charge on any atom is 0.339 e. The molecule has 0 amide bonds. The Labute approximate surface area is 93.6 Å². The number of ether oxygens (including phenoxy) is 1. The van der Waals surface area contributed by atoms with Crippen LogP contribution in [-0.2, 0) is 16.0 Å². The smallest absolute Gasteiger partial charge is 0.339 e. The molecule has 0 aliphatic carbocycles. The van der Waals surface area contributed by atoms with Crippen LogP contribution >= 0.6 is 11.6 Å². The Morgan fingerprint density at radius 1 is 1.60 bits per heavy atom. The second-order valence-corrected chi connectivity index (χ2v) is 3.56. The Kier molecular flexibility index (Phi) is 4.12. The van der Waals surface area contributed by atoms with Gasteiger partial charge in [-0.25, -0.2) is 4.79 Å². The van der Waals surface area contributed by atoms with E-state index in [2.05, 4.69) is 4.74 Å². The van der Waals surface area contributed by atoms with Crippen molar-refractivity contribution >= 4 is 17.6 Å². The third-order valence-corrected chi connectivity index (χ3v) is 2.44. The van der Waals surface area contributed by atoms with Gasteiger partial charge in [-0.15, -0.1) is 0 Å². The van der Waals surface area contributed by atoms with Crippen LogP contribution in [0.1, 0.15) is 24.2 Å². The van der Waals surface area contributed by atoms with Crippen molar-refractivity contribution in [2.45, 2.75) is 19.4 Å². The van der Waals surface area contributed by atoms with Crippen LogP contribution in [0.15, 0.2) is 18.2 Å². The molecule has 82 valence electrons. The molecular formula is C11H13ClO3. The Bertz CT molecular complexity index is 363. The monoisotopic (exact) mass is 228 g/mol. The van der Waals surface area contributed by atoms with E-state index in [0.717, 1.165) is 12.0 Å². The Hall–Kier alpha value is -1.06. The molecule has 0 fully saturated rings. The second-order valence-electron chi connectivity index (χ2n) is 3.12. The number of aryl methyl sites for hydroxylation is 1. The van der Waals surface area contributed by atoms with E-state index in [4.69, 9.17) is 11.6 Å². The Morgan fingerprint density at radius 2 is 2.27 bits per heavy atom. The summed E-state index contributed by atoms with van der Waals surface area (Å²) in [6.45, 7) is 1.94. The number of benzene rings is 1. The zero-order chi connectivity index (χ0) is 11.4. The van der Waals surface area contributed by atoms with E-state index in [-0.39, 0.29) is 0 Å². The number of halogens is 1. The third-order valence-electron chi connectivity index (χ3n) is 2.21. The van der Waals surface area contributed by atoms with Crippen molar-refractivity contribution in [2.24, 2.45) is 0 Å². The minimum absolute atomic E-state index is 0.491. The van der Waals surface area contributed by atoms with Crippen molar-refractivity contribution in [3.63, 3.8) is 0 Å². The normalized spacial score (nSPS) is 12.3. The number of hydrogen-bond acceptors (Lipinski definition) is 3. The van der Waals surface area contributed by atoms with E-state index in [9.17, 15) is 9.90 Å². The number of carbonyl (C=O) groups is 1. The first-order valence-corrected chi connectivity index (χ1v) is 5.02. The number of methoxy groups -OCH3 is 1. The highest BCUT2D eigenvalue weighted by atomic mass is 35.5. The molecule has 1 rings (SSSR count). The molecule has 0 aromatic heterocycles. The highest BCUT2D eigenvalue weighted by molar-refractivity contribution is 6.30. The molecule has 0 aliphatic rings. The fourth-order valence-corrected chi connectivity index (χ4v) is 1.56. The fraction of sp³-hybridized carbons (Fsp3) is 0.364. The lowest BCUT2D eigenvalue weighted by atomic mass is 10.0. The average molecular weight is 229 g/mol. The molecule has 0 saturated carbocycles. The van der Waals surface area contributed by atoms with E-state index in [1.54, 1.807) is 18.2 Å². The molecule has 0 aliphatic heterocycles. The number of aliphatic hydroxyl groups excluding tert-OH is 1. The van der Waals surface area contributed by atoms with E-state index < -0.39 is 12.1 Å². The van der Waals surface area contributed by atoms with Crippen LogP contribution in [-0.4, -0.2) is 18.2 Å². The van der Waals surface area contributed by atoms with Gasteiger partial charge in [0.15, 0.2) is 6.10 Å². The number of carbonyl (C=O) groups excluding carboxylic acids is 1. The van der Waals surface area contributed by atoms with Crippen LogP contribution in [0.25, 0.3) is 0 Å². The van der Waals surface area contributed by atoms with Crippen molar-refractivity contribution < 1.29 is 14.6 Å². The molecule has 1 aromatic carbocycles. The predicted octanol–water partition coefficient (Wildman–Crippen LogP) is 2.11. The van der Waals surface area contributed by atoms with E-state index in [1.807, 2.05) is 6.92 Å². The van der Waals surface area contributed by atoms with Crippen LogP contribution in [0.4, 0.5) is 0 Å². The topological polar surface area (TPSA) is 46.5 Å². The van der Waals surface area contributed by atoms with Gasteiger partial charge in [-0.3, -0.25) is 0 Å². The summed E-state index contributed by atoms with van der Waals surface area (Å²) in [5.41, 5.74) is 1.40. The quantitative estimate of drug-likeness (QED) is 0.806. The van der Waals surface area contributed by atoms with Crippen molar-refractivity contribution in [2.75, 3.05) is 7.11 Å². The molecule has 0 heterocycles. The van der Waals surface area contributed by atoms with Gasteiger partial charge in [-0.1, -0.05) is 24.6 Å². The number of hydrogen-bond donors (Lipinski definition) is 1. The van der Waals surface area contributed by atoms with E-state index >= 15 is 0 Å². The summed E-state index contributed by atoms with van der Waals surface area (Å²) in [6, 6.07) is 5.11. The molecule has 0 spiro atoms. The highest BCUT2D eigenvalue weighted by Crippen LogP contribution is 2.23. The van der Waals surface area contributed by atoms with E-state index in [0.29, 0.717) is 10.6 Å². The van der Waals surface area contributed by atoms with Gasteiger partial charge in [0.2, 0.25) is 0 Å². The van der Waals surface area contributed by atoms with E-state index in [1.165, 1.54) is 7.11 Å². The summed E-state index contributed by atoms with van der Waals surface area (Å²) in [5, 5.41) is 10.2. The summed E-state index contributed by atoms with van der Waals surface area (Å²) in [4.78, 5) is 11.2. The lowest BCUT2D eigenvalue weighted by molar-refractivity contribution is -0.150. The largest absolute Gasteiger partial charge is 0.467 e. The molecular weight excluding hydrogens is 216 g/mol. The van der Waals surface area contributed by atoms with Crippen LogP contribution in [0, 0.1) is 0 Å². The summed E-state index contributed by atoms with van der Waals surface area (Å²) in [5.74, 6) is -0.674. The molecule has 3 nitrogen and oxygen atoms in total. The van der Waals surface area contributed by atoms with Crippen LogP contribution in [0.2, 0.25) is 5.02 Å². The second kappa shape index (κ2) is 5.14. The van der Waals surface area contributed by atoms with Crippen LogP contribution < -0.4 is 0 Å². The van der Waals surface area contributed by atoms with Gasteiger partial charge in [-0.05, 0) is 29.7 Å². The van der Waals surface area contributed by atoms with Gasteiger partial charge in [0, 0.05) is 5.02 Å². The SMILES string of the molecule is CCc1ccc(Cl)cc1C(O)C(=O)OC. The Morgan fingerprint density at radius 3 is 2.80 bits per heavy atom. The summed E-state index contributed by atoms with van der Waals surface area (Å²) in [6.07, 6.45) is -0.538. The molecule has 0 saturated heterocycles. The van der Waals surface area contributed by atoms with Gasteiger partial charge in [0.25, 0.3) is 0 Å². The maximum absolute atomic E-state index is 11.2. The van der Waals surface area contributed by atoms with Gasteiger partial charge >= 0.3 is 5.97 Å². The zero-order valence-electron chi connectivity index (χ0n) is 8.66. The molecule has 1 aromatic rings. The summed E-state index contributed by atoms with van der Waals surface area (Å²) in [7, 11) is 1.24. The van der Waals surface area contributed by atoms with Crippen molar-refractivity contribution in [1.29, 1.82) is 0 Å². The van der Waals surface area contributed by atoms with Crippen molar-refractivity contribution in [3.05, 3.63) is 34.3 Å². The summed E-state index contributed by atoms with van der Waals surface area (Å²) < 4.78 is 4.47. The lowest BCUT2D eigenvalue weighted by Crippen LogP contribution is -2.15. The maximum atomic E-state index is 11.2. The standard InChI is InChI=1S/C11H13ClO3/c1-3-7-4-5-8(12)6-9(7)10(13)11(14)15-2/h4-6,10,13H,3H2,1-2H3. The Balaban J connectivity index is 3.10. The number of esters is 1. The predicted molar refractivity (Wildman–Crippen MR) is 57.8 cm³/mol. The lowest BCUT2D eigenvalue weighted by Gasteiger charge is -2.13. The minimum Gasteiger partial charge on any atom is -0.467 e. The fourth-order valence-electron chi connectivity index (χ4n) is 1.38. The van der Waals surface area contributed by atoms with Crippen LogP contribution in [0.5, 0.6) is 0 Å².